The van der Waals surface area contributed by atoms with Crippen LogP contribution in [-0.2, 0) is 14.3 Å². The highest BCUT2D eigenvalue weighted by atomic mass is 19.1. The minimum atomic E-state index is -0.557. The van der Waals surface area contributed by atoms with Crippen LogP contribution in [0, 0.1) is 5.82 Å². The lowest BCUT2D eigenvalue weighted by Gasteiger charge is -2.06. The highest BCUT2D eigenvalue weighted by molar-refractivity contribution is 5.72. The SMILES string of the molecule is CCCCCCCCCCCCCCCCCOC(=O)CCCCC(=O)Oc1ccccc1F. The average molecular weight is 479 g/mol. The molecule has 1 rings (SSSR count). The van der Waals surface area contributed by atoms with Crippen molar-refractivity contribution in [3.8, 4) is 5.75 Å². The van der Waals surface area contributed by atoms with Crippen molar-refractivity contribution in [2.24, 2.45) is 0 Å². The summed E-state index contributed by atoms with van der Waals surface area (Å²) in [4.78, 5) is 23.5. The van der Waals surface area contributed by atoms with Gasteiger partial charge in [0, 0.05) is 12.8 Å². The van der Waals surface area contributed by atoms with Gasteiger partial charge in [0.15, 0.2) is 11.6 Å². The topological polar surface area (TPSA) is 52.6 Å². The molecule has 0 heterocycles. The number of hydrogen-bond acceptors (Lipinski definition) is 4. The Balaban J connectivity index is 1.82. The molecule has 1 aromatic carbocycles. The van der Waals surface area contributed by atoms with Crippen molar-refractivity contribution in [2.45, 2.75) is 129 Å². The van der Waals surface area contributed by atoms with Gasteiger partial charge in [-0.2, -0.15) is 0 Å². The van der Waals surface area contributed by atoms with E-state index in [1.54, 1.807) is 6.07 Å². The summed E-state index contributed by atoms with van der Waals surface area (Å²) >= 11 is 0. The second-order valence-corrected chi connectivity index (χ2v) is 9.28. The van der Waals surface area contributed by atoms with Crippen LogP contribution in [0.1, 0.15) is 129 Å². The largest absolute Gasteiger partial charge is 0.466 e. The zero-order chi connectivity index (χ0) is 24.7. The molecule has 0 aliphatic heterocycles. The summed E-state index contributed by atoms with van der Waals surface area (Å²) in [5.41, 5.74) is 0. The molecule has 34 heavy (non-hydrogen) atoms. The van der Waals surface area contributed by atoms with E-state index in [1.165, 1.54) is 102 Å². The lowest BCUT2D eigenvalue weighted by Crippen LogP contribution is -2.10. The van der Waals surface area contributed by atoms with Gasteiger partial charge in [-0.25, -0.2) is 4.39 Å². The van der Waals surface area contributed by atoms with E-state index in [-0.39, 0.29) is 18.1 Å². The summed E-state index contributed by atoms with van der Waals surface area (Å²) in [6.07, 6.45) is 21.2. The normalized spacial score (nSPS) is 10.9. The summed E-state index contributed by atoms with van der Waals surface area (Å²) in [6.45, 7) is 2.74. The molecule has 0 aliphatic rings. The van der Waals surface area contributed by atoms with E-state index in [1.807, 2.05) is 0 Å². The number of hydrogen-bond donors (Lipinski definition) is 0. The van der Waals surface area contributed by atoms with E-state index in [0.717, 1.165) is 12.8 Å². The molecule has 0 radical (unpaired) electrons. The fraction of sp³-hybridized carbons (Fsp3) is 0.724. The molecule has 5 heteroatoms. The van der Waals surface area contributed by atoms with Crippen LogP contribution in [0.4, 0.5) is 4.39 Å². The number of unbranched alkanes of at least 4 members (excludes halogenated alkanes) is 15. The van der Waals surface area contributed by atoms with Crippen LogP contribution in [0.25, 0.3) is 0 Å². The van der Waals surface area contributed by atoms with Crippen molar-refractivity contribution in [3.05, 3.63) is 30.1 Å². The molecule has 0 aromatic heterocycles. The summed E-state index contributed by atoms with van der Waals surface area (Å²) in [7, 11) is 0. The fourth-order valence-corrected chi connectivity index (χ4v) is 3.97. The third-order valence-electron chi connectivity index (χ3n) is 6.08. The Labute approximate surface area is 207 Å². The second kappa shape index (κ2) is 21.6. The van der Waals surface area contributed by atoms with Crippen molar-refractivity contribution in [2.75, 3.05) is 6.61 Å². The predicted molar refractivity (Wildman–Crippen MR) is 136 cm³/mol. The molecule has 4 nitrogen and oxygen atoms in total. The monoisotopic (exact) mass is 478 g/mol. The molecule has 0 atom stereocenters. The van der Waals surface area contributed by atoms with E-state index in [2.05, 4.69) is 6.92 Å². The first-order valence-corrected chi connectivity index (χ1v) is 13.7. The number of benzene rings is 1. The summed E-state index contributed by atoms with van der Waals surface area (Å²) in [6, 6.07) is 5.82. The highest BCUT2D eigenvalue weighted by Gasteiger charge is 2.09. The number of rotatable bonds is 22. The molecule has 0 N–H and O–H groups in total. The number of esters is 2. The van der Waals surface area contributed by atoms with E-state index < -0.39 is 11.8 Å². The average Bonchev–Trinajstić information content (AvgIpc) is 2.83. The molecular weight excluding hydrogens is 431 g/mol. The van der Waals surface area contributed by atoms with Crippen LogP contribution >= 0.6 is 0 Å². The summed E-state index contributed by atoms with van der Waals surface area (Å²) < 4.78 is 23.7. The Hall–Kier alpha value is -1.91. The van der Waals surface area contributed by atoms with Crippen molar-refractivity contribution in [1.82, 2.24) is 0 Å². The lowest BCUT2D eigenvalue weighted by molar-refractivity contribution is -0.144. The molecule has 0 unspecified atom stereocenters. The molecule has 194 valence electrons. The standard InChI is InChI=1S/C29H47FO4/c1-2-3-4-5-6-7-8-9-10-11-12-13-14-15-20-25-33-28(31)23-18-19-24-29(32)34-27-22-17-16-21-26(27)30/h16-17,21-22H,2-15,18-20,23-25H2,1H3. The molecule has 0 bridgehead atoms. The third kappa shape index (κ3) is 17.6. The Morgan fingerprint density at radius 3 is 1.65 bits per heavy atom. The Kier molecular flexibility index (Phi) is 19.1. The zero-order valence-electron chi connectivity index (χ0n) is 21.5. The first kappa shape index (κ1) is 30.1. The number of carbonyl (C=O) groups excluding carboxylic acids is 2. The van der Waals surface area contributed by atoms with E-state index >= 15 is 0 Å². The zero-order valence-corrected chi connectivity index (χ0v) is 21.5. The van der Waals surface area contributed by atoms with Gasteiger partial charge in [0.05, 0.1) is 6.61 Å². The van der Waals surface area contributed by atoms with Crippen LogP contribution in [0.5, 0.6) is 5.75 Å². The quantitative estimate of drug-likeness (QED) is 0.0950. The maximum atomic E-state index is 13.4. The Bertz CT molecular complexity index is 647. The van der Waals surface area contributed by atoms with Gasteiger partial charge in [0.1, 0.15) is 0 Å². The van der Waals surface area contributed by atoms with Crippen molar-refractivity contribution < 1.29 is 23.5 Å². The van der Waals surface area contributed by atoms with Gasteiger partial charge in [0.25, 0.3) is 0 Å². The predicted octanol–water partition coefficient (Wildman–Crippen LogP) is 8.71. The number of halogens is 1. The van der Waals surface area contributed by atoms with Crippen molar-refractivity contribution in [1.29, 1.82) is 0 Å². The highest BCUT2D eigenvalue weighted by Crippen LogP contribution is 2.17. The first-order chi connectivity index (χ1) is 16.6. The van der Waals surface area contributed by atoms with Gasteiger partial charge in [-0.05, 0) is 31.4 Å². The van der Waals surface area contributed by atoms with Crippen LogP contribution in [-0.4, -0.2) is 18.5 Å². The number of ether oxygens (including phenoxy) is 2. The maximum absolute atomic E-state index is 13.4. The minimum absolute atomic E-state index is 0.0598. The van der Waals surface area contributed by atoms with E-state index in [4.69, 9.17) is 9.47 Å². The van der Waals surface area contributed by atoms with Crippen molar-refractivity contribution >= 4 is 11.9 Å². The van der Waals surface area contributed by atoms with Crippen LogP contribution in [0.2, 0.25) is 0 Å². The molecule has 0 aliphatic carbocycles. The van der Waals surface area contributed by atoms with Gasteiger partial charge in [-0.15, -0.1) is 0 Å². The van der Waals surface area contributed by atoms with Crippen LogP contribution < -0.4 is 4.74 Å². The van der Waals surface area contributed by atoms with Gasteiger partial charge in [-0.1, -0.05) is 109 Å². The van der Waals surface area contributed by atoms with E-state index in [0.29, 0.717) is 25.9 Å². The van der Waals surface area contributed by atoms with Crippen molar-refractivity contribution in [3.63, 3.8) is 0 Å². The van der Waals surface area contributed by atoms with Crippen LogP contribution in [0.15, 0.2) is 24.3 Å². The minimum Gasteiger partial charge on any atom is -0.466 e. The van der Waals surface area contributed by atoms with Crippen LogP contribution in [0.3, 0.4) is 0 Å². The van der Waals surface area contributed by atoms with Gasteiger partial charge in [0.2, 0.25) is 0 Å². The van der Waals surface area contributed by atoms with Gasteiger partial charge >= 0.3 is 11.9 Å². The molecule has 0 fully saturated rings. The first-order valence-electron chi connectivity index (χ1n) is 13.7. The number of carbonyl (C=O) groups is 2. The molecular formula is C29H47FO4. The van der Waals surface area contributed by atoms with Gasteiger partial charge < -0.3 is 9.47 Å². The second-order valence-electron chi connectivity index (χ2n) is 9.28. The fourth-order valence-electron chi connectivity index (χ4n) is 3.97. The Morgan fingerprint density at radius 2 is 1.12 bits per heavy atom. The Morgan fingerprint density at radius 1 is 0.647 bits per heavy atom. The number of para-hydroxylation sites is 1. The third-order valence-corrected chi connectivity index (χ3v) is 6.08. The van der Waals surface area contributed by atoms with E-state index in [9.17, 15) is 14.0 Å². The maximum Gasteiger partial charge on any atom is 0.311 e. The summed E-state index contributed by atoms with van der Waals surface area (Å²) in [5, 5.41) is 0. The van der Waals surface area contributed by atoms with Gasteiger partial charge in [-0.3, -0.25) is 9.59 Å². The molecule has 1 aromatic rings. The smallest absolute Gasteiger partial charge is 0.311 e. The lowest BCUT2D eigenvalue weighted by atomic mass is 10.0. The molecule has 0 saturated heterocycles. The molecule has 0 amide bonds. The summed E-state index contributed by atoms with van der Waals surface area (Å²) in [5.74, 6) is -1.32. The molecule has 0 saturated carbocycles. The molecule has 0 spiro atoms.